The molecule has 1 rings (SSSR count). The first-order valence-corrected chi connectivity index (χ1v) is 6.15. The molecular weight excluding hydrogens is 240 g/mol. The van der Waals surface area contributed by atoms with Gasteiger partial charge in [0.25, 0.3) is 0 Å². The van der Waals surface area contributed by atoms with Crippen molar-refractivity contribution < 1.29 is 14.6 Å². The molecule has 0 saturated heterocycles. The highest BCUT2D eigenvalue weighted by molar-refractivity contribution is 5.87. The Kier molecular flexibility index (Phi) is 4.26. The molecule has 0 atom stereocenters. The summed E-state index contributed by atoms with van der Waals surface area (Å²) in [5.41, 5.74) is -0.417. The Morgan fingerprint density at radius 3 is 2.21 bits per heavy atom. The minimum atomic E-state index is -0.945. The summed E-state index contributed by atoms with van der Waals surface area (Å²) in [6.07, 6.45) is 6.19. The number of carbonyl (C=O) groups is 1. The average Bonchev–Trinajstić information content (AvgIpc) is 2.27. The minimum Gasteiger partial charge on any atom is -0.488 e. The highest BCUT2D eigenvalue weighted by atomic mass is 16.5. The fourth-order valence-corrected chi connectivity index (χ4v) is 2.14. The molecule has 102 valence electrons. The second kappa shape index (κ2) is 5.36. The van der Waals surface area contributed by atoms with Crippen LogP contribution in [0.4, 0.5) is 0 Å². The van der Waals surface area contributed by atoms with E-state index in [-0.39, 0.29) is 11.0 Å². The lowest BCUT2D eigenvalue weighted by Gasteiger charge is -2.32. The maximum absolute atomic E-state index is 10.8. The number of hydrogen-bond acceptors (Lipinski definition) is 2. The molecule has 0 aliphatic carbocycles. The first-order chi connectivity index (χ1) is 8.65. The Morgan fingerprint density at radius 1 is 1.26 bits per heavy atom. The normalized spacial score (nSPS) is 11.7. The summed E-state index contributed by atoms with van der Waals surface area (Å²) in [6.45, 7) is 7.92. The predicted molar refractivity (Wildman–Crippen MR) is 75.3 cm³/mol. The van der Waals surface area contributed by atoms with Crippen molar-refractivity contribution >= 4 is 5.97 Å². The Hall–Kier alpha value is -1.95. The maximum Gasteiger partial charge on any atom is 0.335 e. The largest absolute Gasteiger partial charge is 0.488 e. The molecule has 3 heteroatoms. The van der Waals surface area contributed by atoms with E-state index in [0.717, 1.165) is 0 Å². The molecular formula is C16H20O3. The first kappa shape index (κ1) is 15.1. The summed E-state index contributed by atoms with van der Waals surface area (Å²) in [5.74, 6) is 2.45. The van der Waals surface area contributed by atoms with Crippen LogP contribution in [0.1, 0.15) is 44.5 Å². The standard InChI is InChI=1S/C16H20O3/c1-6-15(2,3)11-16(4,5)19-13-9-7-12(8-10-13)14(17)18/h1,7-10H,11H2,2-5H3,(H,17,18). The number of hydrogen-bond donors (Lipinski definition) is 1. The molecule has 1 aromatic rings. The van der Waals surface area contributed by atoms with Gasteiger partial charge in [0.15, 0.2) is 0 Å². The highest BCUT2D eigenvalue weighted by Crippen LogP contribution is 2.30. The smallest absolute Gasteiger partial charge is 0.335 e. The third-order valence-corrected chi connectivity index (χ3v) is 2.75. The van der Waals surface area contributed by atoms with Crippen LogP contribution in [-0.4, -0.2) is 16.7 Å². The number of terminal acetylenes is 1. The summed E-state index contributed by atoms with van der Waals surface area (Å²) in [6, 6.07) is 6.38. The number of rotatable bonds is 5. The van der Waals surface area contributed by atoms with Crippen LogP contribution < -0.4 is 4.74 Å². The van der Waals surface area contributed by atoms with E-state index in [0.29, 0.717) is 12.2 Å². The number of carboxylic acid groups (broad SMARTS) is 1. The van der Waals surface area contributed by atoms with Crippen LogP contribution in [0.3, 0.4) is 0 Å². The maximum atomic E-state index is 10.8. The summed E-state index contributed by atoms with van der Waals surface area (Å²) in [5, 5.41) is 8.83. The molecule has 1 aromatic carbocycles. The molecule has 3 nitrogen and oxygen atoms in total. The van der Waals surface area contributed by atoms with Crippen molar-refractivity contribution in [2.75, 3.05) is 0 Å². The summed E-state index contributed by atoms with van der Waals surface area (Å²) < 4.78 is 5.89. The molecule has 0 spiro atoms. The van der Waals surface area contributed by atoms with Gasteiger partial charge >= 0.3 is 5.97 Å². The predicted octanol–water partition coefficient (Wildman–Crippen LogP) is 3.59. The Bertz CT molecular complexity index is 490. The van der Waals surface area contributed by atoms with Gasteiger partial charge in [-0.2, -0.15) is 0 Å². The SMILES string of the molecule is C#CC(C)(C)CC(C)(C)Oc1ccc(C(=O)O)cc1. The lowest BCUT2D eigenvalue weighted by atomic mass is 9.82. The van der Waals surface area contributed by atoms with Crippen LogP contribution in [-0.2, 0) is 0 Å². The fraction of sp³-hybridized carbons (Fsp3) is 0.438. The van der Waals surface area contributed by atoms with E-state index in [2.05, 4.69) is 5.92 Å². The second-order valence-electron chi connectivity index (χ2n) is 5.90. The van der Waals surface area contributed by atoms with Crippen LogP contribution >= 0.6 is 0 Å². The number of benzene rings is 1. The van der Waals surface area contributed by atoms with Crippen LogP contribution in [0.2, 0.25) is 0 Å². The van der Waals surface area contributed by atoms with E-state index in [1.54, 1.807) is 12.1 Å². The third-order valence-electron chi connectivity index (χ3n) is 2.75. The van der Waals surface area contributed by atoms with Gasteiger partial charge in [-0.15, -0.1) is 12.3 Å². The molecule has 0 heterocycles. The van der Waals surface area contributed by atoms with E-state index in [4.69, 9.17) is 16.3 Å². The highest BCUT2D eigenvalue weighted by Gasteiger charge is 2.29. The van der Waals surface area contributed by atoms with Gasteiger partial charge in [0.2, 0.25) is 0 Å². The van der Waals surface area contributed by atoms with Gasteiger partial charge in [-0.3, -0.25) is 0 Å². The molecule has 0 aliphatic rings. The molecule has 0 aromatic heterocycles. The quantitative estimate of drug-likeness (QED) is 0.823. The molecule has 0 saturated carbocycles. The van der Waals surface area contributed by atoms with Crippen LogP contribution in [0.15, 0.2) is 24.3 Å². The van der Waals surface area contributed by atoms with Gasteiger partial charge in [-0.25, -0.2) is 4.79 Å². The molecule has 0 bridgehead atoms. The van der Waals surface area contributed by atoms with Crippen LogP contribution in [0, 0.1) is 17.8 Å². The molecule has 0 radical (unpaired) electrons. The third kappa shape index (κ3) is 4.67. The van der Waals surface area contributed by atoms with E-state index in [9.17, 15) is 4.79 Å². The number of aromatic carboxylic acids is 1. The molecule has 0 unspecified atom stereocenters. The average molecular weight is 260 g/mol. The monoisotopic (exact) mass is 260 g/mol. The summed E-state index contributed by atoms with van der Waals surface area (Å²) >= 11 is 0. The molecule has 0 amide bonds. The second-order valence-corrected chi connectivity index (χ2v) is 5.90. The van der Waals surface area contributed by atoms with Crippen molar-refractivity contribution in [3.8, 4) is 18.1 Å². The van der Waals surface area contributed by atoms with E-state index < -0.39 is 11.6 Å². The van der Waals surface area contributed by atoms with Crippen molar-refractivity contribution in [2.24, 2.45) is 5.41 Å². The Balaban J connectivity index is 2.78. The zero-order chi connectivity index (χ0) is 14.7. The van der Waals surface area contributed by atoms with Crippen molar-refractivity contribution in [2.45, 2.75) is 39.7 Å². The lowest BCUT2D eigenvalue weighted by Crippen LogP contribution is -2.33. The number of carboxylic acids is 1. The van der Waals surface area contributed by atoms with Crippen LogP contribution in [0.5, 0.6) is 5.75 Å². The number of ether oxygens (including phenoxy) is 1. The van der Waals surface area contributed by atoms with E-state index >= 15 is 0 Å². The minimum absolute atomic E-state index is 0.245. The zero-order valence-corrected chi connectivity index (χ0v) is 11.9. The Labute approximate surface area is 114 Å². The van der Waals surface area contributed by atoms with Crippen molar-refractivity contribution in [3.05, 3.63) is 29.8 Å². The van der Waals surface area contributed by atoms with Gasteiger partial charge < -0.3 is 9.84 Å². The lowest BCUT2D eigenvalue weighted by molar-refractivity contribution is 0.0695. The van der Waals surface area contributed by atoms with E-state index in [1.807, 2.05) is 27.7 Å². The zero-order valence-electron chi connectivity index (χ0n) is 11.9. The van der Waals surface area contributed by atoms with Gasteiger partial charge in [0.1, 0.15) is 11.4 Å². The molecule has 19 heavy (non-hydrogen) atoms. The Morgan fingerprint density at radius 2 is 1.79 bits per heavy atom. The molecule has 0 fully saturated rings. The molecule has 1 N–H and O–H groups in total. The van der Waals surface area contributed by atoms with Crippen molar-refractivity contribution in [3.63, 3.8) is 0 Å². The van der Waals surface area contributed by atoms with Crippen molar-refractivity contribution in [1.29, 1.82) is 0 Å². The van der Waals surface area contributed by atoms with Gasteiger partial charge in [-0.1, -0.05) is 0 Å². The van der Waals surface area contributed by atoms with Gasteiger partial charge in [0, 0.05) is 11.8 Å². The first-order valence-electron chi connectivity index (χ1n) is 6.15. The summed E-state index contributed by atoms with van der Waals surface area (Å²) in [4.78, 5) is 10.8. The van der Waals surface area contributed by atoms with Gasteiger partial charge in [0.05, 0.1) is 5.56 Å². The van der Waals surface area contributed by atoms with Crippen LogP contribution in [0.25, 0.3) is 0 Å². The van der Waals surface area contributed by atoms with Crippen molar-refractivity contribution in [1.82, 2.24) is 0 Å². The van der Waals surface area contributed by atoms with Gasteiger partial charge in [-0.05, 0) is 52.0 Å². The summed E-state index contributed by atoms with van der Waals surface area (Å²) in [7, 11) is 0. The topological polar surface area (TPSA) is 46.5 Å². The fourth-order valence-electron chi connectivity index (χ4n) is 2.14. The molecule has 0 aliphatic heterocycles. The van der Waals surface area contributed by atoms with E-state index in [1.165, 1.54) is 12.1 Å².